The fourth-order valence-corrected chi connectivity index (χ4v) is 2.30. The molecule has 102 valence electrons. The number of anilines is 1. The van der Waals surface area contributed by atoms with Gasteiger partial charge in [0.2, 0.25) is 0 Å². The van der Waals surface area contributed by atoms with E-state index in [4.69, 9.17) is 5.73 Å². The lowest BCUT2D eigenvalue weighted by molar-refractivity contribution is 0.0954. The van der Waals surface area contributed by atoms with Crippen molar-refractivity contribution in [3.8, 4) is 0 Å². The van der Waals surface area contributed by atoms with Crippen LogP contribution in [0.15, 0.2) is 53.6 Å². The fraction of sp³-hybridized carbons (Fsp3) is 0.0667. The van der Waals surface area contributed by atoms with E-state index >= 15 is 0 Å². The van der Waals surface area contributed by atoms with E-state index in [1.54, 1.807) is 6.07 Å². The second kappa shape index (κ2) is 6.51. The van der Waals surface area contributed by atoms with Crippen LogP contribution in [0.3, 0.4) is 0 Å². The summed E-state index contributed by atoms with van der Waals surface area (Å²) in [5, 5.41) is 4.11. The van der Waals surface area contributed by atoms with Crippen LogP contribution in [0, 0.1) is 3.57 Å². The van der Waals surface area contributed by atoms with Crippen molar-refractivity contribution in [1.82, 2.24) is 5.43 Å². The molecule has 4 nitrogen and oxygen atoms in total. The number of hydrazone groups is 1. The molecule has 0 aliphatic heterocycles. The minimum absolute atomic E-state index is 0.224. The number of nitrogen functional groups attached to an aromatic ring is 1. The summed E-state index contributed by atoms with van der Waals surface area (Å²) in [5.41, 5.74) is 11.1. The van der Waals surface area contributed by atoms with E-state index in [-0.39, 0.29) is 5.91 Å². The van der Waals surface area contributed by atoms with Gasteiger partial charge in [0, 0.05) is 9.26 Å². The van der Waals surface area contributed by atoms with Crippen LogP contribution in [0.5, 0.6) is 0 Å². The SMILES string of the molecule is C/C(=N/NC(=O)c1ccccc1I)c1cccc(N)c1. The first-order chi connectivity index (χ1) is 9.58. The number of hydrogen-bond donors (Lipinski definition) is 2. The van der Waals surface area contributed by atoms with Crippen molar-refractivity contribution in [2.45, 2.75) is 6.92 Å². The number of benzene rings is 2. The molecule has 2 aromatic carbocycles. The Hall–Kier alpha value is -1.89. The Labute approximate surface area is 131 Å². The van der Waals surface area contributed by atoms with Gasteiger partial charge in [-0.2, -0.15) is 5.10 Å². The molecule has 2 aromatic rings. The molecule has 0 heterocycles. The predicted molar refractivity (Wildman–Crippen MR) is 89.7 cm³/mol. The number of halogens is 1. The average molecular weight is 379 g/mol. The van der Waals surface area contributed by atoms with Gasteiger partial charge in [-0.3, -0.25) is 4.79 Å². The molecule has 2 rings (SSSR count). The second-order valence-corrected chi connectivity index (χ2v) is 5.41. The molecule has 0 saturated heterocycles. The summed E-state index contributed by atoms with van der Waals surface area (Å²) in [4.78, 5) is 12.0. The van der Waals surface area contributed by atoms with E-state index in [2.05, 4.69) is 33.1 Å². The van der Waals surface area contributed by atoms with Gasteiger partial charge in [-0.25, -0.2) is 5.43 Å². The minimum atomic E-state index is -0.224. The number of nitrogens with two attached hydrogens (primary N) is 1. The summed E-state index contributed by atoms with van der Waals surface area (Å²) in [6.07, 6.45) is 0. The maximum absolute atomic E-state index is 12.0. The van der Waals surface area contributed by atoms with Gasteiger partial charge in [0.1, 0.15) is 0 Å². The maximum Gasteiger partial charge on any atom is 0.272 e. The van der Waals surface area contributed by atoms with Crippen LogP contribution in [0.4, 0.5) is 5.69 Å². The average Bonchev–Trinajstić information content (AvgIpc) is 2.45. The third-order valence-electron chi connectivity index (χ3n) is 2.75. The first-order valence-corrected chi connectivity index (χ1v) is 7.11. The predicted octanol–water partition coefficient (Wildman–Crippen LogP) is 3.03. The lowest BCUT2D eigenvalue weighted by Crippen LogP contribution is -2.20. The van der Waals surface area contributed by atoms with Crippen molar-refractivity contribution >= 4 is 39.9 Å². The fourth-order valence-electron chi connectivity index (χ4n) is 1.67. The molecule has 0 aliphatic carbocycles. The second-order valence-electron chi connectivity index (χ2n) is 4.24. The summed E-state index contributed by atoms with van der Waals surface area (Å²) in [6.45, 7) is 1.82. The van der Waals surface area contributed by atoms with Crippen LogP contribution in [0.1, 0.15) is 22.8 Å². The van der Waals surface area contributed by atoms with Crippen molar-refractivity contribution in [3.05, 3.63) is 63.2 Å². The van der Waals surface area contributed by atoms with Crippen LogP contribution in [-0.2, 0) is 0 Å². The molecule has 0 saturated carbocycles. The molecule has 3 N–H and O–H groups in total. The Morgan fingerprint density at radius 1 is 1.20 bits per heavy atom. The Balaban J connectivity index is 2.13. The molecule has 0 atom stereocenters. The number of nitrogens with zero attached hydrogens (tertiary/aromatic N) is 1. The number of carbonyl (C=O) groups is 1. The smallest absolute Gasteiger partial charge is 0.272 e. The van der Waals surface area contributed by atoms with E-state index in [1.807, 2.05) is 49.4 Å². The van der Waals surface area contributed by atoms with Gasteiger partial charge in [-0.15, -0.1) is 0 Å². The summed E-state index contributed by atoms with van der Waals surface area (Å²) >= 11 is 2.12. The molecule has 1 amide bonds. The lowest BCUT2D eigenvalue weighted by Gasteiger charge is -2.05. The van der Waals surface area contributed by atoms with Crippen molar-refractivity contribution in [3.63, 3.8) is 0 Å². The topological polar surface area (TPSA) is 67.5 Å². The maximum atomic E-state index is 12.0. The van der Waals surface area contributed by atoms with Gasteiger partial charge in [0.15, 0.2) is 0 Å². The molecule has 5 heteroatoms. The van der Waals surface area contributed by atoms with Gasteiger partial charge >= 0.3 is 0 Å². The first kappa shape index (κ1) is 14.5. The summed E-state index contributed by atoms with van der Waals surface area (Å²) in [7, 11) is 0. The van der Waals surface area contributed by atoms with Crippen LogP contribution in [0.2, 0.25) is 0 Å². The number of amides is 1. The van der Waals surface area contributed by atoms with E-state index < -0.39 is 0 Å². The minimum Gasteiger partial charge on any atom is -0.399 e. The highest BCUT2D eigenvalue weighted by atomic mass is 127. The monoisotopic (exact) mass is 379 g/mol. The van der Waals surface area contributed by atoms with E-state index in [1.165, 1.54) is 0 Å². The zero-order valence-electron chi connectivity index (χ0n) is 10.9. The third kappa shape index (κ3) is 3.57. The van der Waals surface area contributed by atoms with Gasteiger partial charge in [0.25, 0.3) is 5.91 Å². The van der Waals surface area contributed by atoms with Crippen molar-refractivity contribution in [2.75, 3.05) is 5.73 Å². The standard InChI is InChI=1S/C15H14IN3O/c1-10(11-5-4-6-12(17)9-11)18-19-15(20)13-7-2-3-8-14(13)16/h2-9H,17H2,1H3,(H,19,20)/b18-10-. The van der Waals surface area contributed by atoms with Crippen molar-refractivity contribution in [2.24, 2.45) is 5.10 Å². The van der Waals surface area contributed by atoms with E-state index in [0.29, 0.717) is 17.0 Å². The quantitative estimate of drug-likeness (QED) is 0.373. The van der Waals surface area contributed by atoms with Gasteiger partial charge in [-0.05, 0) is 59.3 Å². The Bertz CT molecular complexity index is 668. The summed E-state index contributed by atoms with van der Waals surface area (Å²) in [6, 6.07) is 14.7. The molecule has 0 spiro atoms. The number of hydrogen-bond acceptors (Lipinski definition) is 3. The number of carbonyl (C=O) groups excluding carboxylic acids is 1. The largest absolute Gasteiger partial charge is 0.399 e. The first-order valence-electron chi connectivity index (χ1n) is 6.03. The molecule has 20 heavy (non-hydrogen) atoms. The van der Waals surface area contributed by atoms with E-state index in [0.717, 1.165) is 9.13 Å². The molecule has 0 unspecified atom stereocenters. The van der Waals surface area contributed by atoms with E-state index in [9.17, 15) is 4.79 Å². The van der Waals surface area contributed by atoms with Crippen LogP contribution >= 0.6 is 22.6 Å². The highest BCUT2D eigenvalue weighted by Gasteiger charge is 2.08. The zero-order valence-corrected chi connectivity index (χ0v) is 13.1. The van der Waals surface area contributed by atoms with Gasteiger partial charge < -0.3 is 5.73 Å². The Morgan fingerprint density at radius 2 is 1.95 bits per heavy atom. The lowest BCUT2D eigenvalue weighted by atomic mass is 10.1. The Kier molecular flexibility index (Phi) is 4.73. The molecule has 0 fully saturated rings. The summed E-state index contributed by atoms with van der Waals surface area (Å²) < 4.78 is 0.888. The molecular weight excluding hydrogens is 365 g/mol. The highest BCUT2D eigenvalue weighted by Crippen LogP contribution is 2.11. The normalized spacial score (nSPS) is 11.2. The molecule has 0 radical (unpaired) electrons. The molecule has 0 aliphatic rings. The third-order valence-corrected chi connectivity index (χ3v) is 3.69. The zero-order chi connectivity index (χ0) is 14.5. The Morgan fingerprint density at radius 3 is 2.65 bits per heavy atom. The molecular formula is C15H14IN3O. The number of rotatable bonds is 3. The summed E-state index contributed by atoms with van der Waals surface area (Å²) in [5.74, 6) is -0.224. The van der Waals surface area contributed by atoms with Crippen LogP contribution in [0.25, 0.3) is 0 Å². The molecule has 0 aromatic heterocycles. The molecule has 0 bridgehead atoms. The van der Waals surface area contributed by atoms with Crippen molar-refractivity contribution in [1.29, 1.82) is 0 Å². The van der Waals surface area contributed by atoms with Crippen LogP contribution in [-0.4, -0.2) is 11.6 Å². The highest BCUT2D eigenvalue weighted by molar-refractivity contribution is 14.1. The van der Waals surface area contributed by atoms with Crippen LogP contribution < -0.4 is 11.2 Å². The van der Waals surface area contributed by atoms with Gasteiger partial charge in [-0.1, -0.05) is 24.3 Å². The van der Waals surface area contributed by atoms with Gasteiger partial charge in [0.05, 0.1) is 11.3 Å². The number of nitrogens with one attached hydrogen (secondary N) is 1. The van der Waals surface area contributed by atoms with Crippen molar-refractivity contribution < 1.29 is 4.79 Å².